The number of esters is 1. The van der Waals surface area contributed by atoms with Crippen molar-refractivity contribution in [1.29, 1.82) is 0 Å². The van der Waals surface area contributed by atoms with Gasteiger partial charge in [-0.15, -0.1) is 0 Å². The molecule has 0 saturated heterocycles. The first-order chi connectivity index (χ1) is 9.42. The molecule has 1 amide bonds. The van der Waals surface area contributed by atoms with Gasteiger partial charge in [-0.3, -0.25) is 9.59 Å². The van der Waals surface area contributed by atoms with Crippen LogP contribution in [-0.2, 0) is 14.3 Å². The fourth-order valence-electron chi connectivity index (χ4n) is 1.83. The molecule has 0 aliphatic heterocycles. The summed E-state index contributed by atoms with van der Waals surface area (Å²) in [6.45, 7) is 7.40. The van der Waals surface area contributed by atoms with Crippen LogP contribution in [0.25, 0.3) is 0 Å². The lowest BCUT2D eigenvalue weighted by Gasteiger charge is -2.19. The number of aryl methyl sites for hydroxylation is 1. The first-order valence-corrected chi connectivity index (χ1v) is 6.97. The number of hydrogen-bond acceptors (Lipinski definition) is 3. The Hall–Kier alpha value is -1.84. The van der Waals surface area contributed by atoms with Gasteiger partial charge in [-0.05, 0) is 26.3 Å². The van der Waals surface area contributed by atoms with Crippen molar-refractivity contribution >= 4 is 11.9 Å². The van der Waals surface area contributed by atoms with Gasteiger partial charge in [-0.25, -0.2) is 0 Å². The van der Waals surface area contributed by atoms with E-state index in [-0.39, 0.29) is 30.4 Å². The van der Waals surface area contributed by atoms with Crippen molar-refractivity contribution in [2.75, 3.05) is 0 Å². The van der Waals surface area contributed by atoms with Crippen molar-refractivity contribution in [3.8, 4) is 0 Å². The molecular weight excluding hydrogens is 254 g/mol. The minimum absolute atomic E-state index is 0.0760. The van der Waals surface area contributed by atoms with Crippen LogP contribution in [-0.4, -0.2) is 18.0 Å². The van der Waals surface area contributed by atoms with E-state index in [1.165, 1.54) is 0 Å². The van der Waals surface area contributed by atoms with Crippen LogP contribution in [0.4, 0.5) is 0 Å². The summed E-state index contributed by atoms with van der Waals surface area (Å²) in [5.41, 5.74) is 2.05. The summed E-state index contributed by atoms with van der Waals surface area (Å²) in [5.74, 6) is -0.380. The van der Waals surface area contributed by atoms with Crippen molar-refractivity contribution in [2.45, 2.75) is 52.7 Å². The molecule has 1 N–H and O–H groups in total. The summed E-state index contributed by atoms with van der Waals surface area (Å²) in [6, 6.07) is 7.45. The van der Waals surface area contributed by atoms with Crippen LogP contribution in [0.5, 0.6) is 0 Å². The number of carbonyl (C=O) groups is 2. The lowest BCUT2D eigenvalue weighted by Crippen LogP contribution is -2.30. The molecule has 1 aromatic rings. The lowest BCUT2D eigenvalue weighted by atomic mass is 10.0. The molecule has 0 aliphatic rings. The molecule has 110 valence electrons. The van der Waals surface area contributed by atoms with E-state index >= 15 is 0 Å². The van der Waals surface area contributed by atoms with E-state index in [4.69, 9.17) is 4.74 Å². The number of carbonyl (C=O) groups excluding carboxylic acids is 2. The average molecular weight is 277 g/mol. The summed E-state index contributed by atoms with van der Waals surface area (Å²) in [5, 5.41) is 2.87. The second-order valence-electron chi connectivity index (χ2n) is 5.13. The number of hydrogen-bond donors (Lipinski definition) is 1. The predicted molar refractivity (Wildman–Crippen MR) is 78.2 cm³/mol. The maximum atomic E-state index is 11.8. The Morgan fingerprint density at radius 2 is 1.80 bits per heavy atom. The smallest absolute Gasteiger partial charge is 0.308 e. The molecule has 0 bridgehead atoms. The zero-order chi connectivity index (χ0) is 15.1. The van der Waals surface area contributed by atoms with E-state index in [9.17, 15) is 9.59 Å². The van der Waals surface area contributed by atoms with Crippen LogP contribution in [0, 0.1) is 6.92 Å². The minimum atomic E-state index is -0.339. The van der Waals surface area contributed by atoms with Gasteiger partial charge in [0, 0.05) is 6.42 Å². The fourth-order valence-corrected chi connectivity index (χ4v) is 1.83. The van der Waals surface area contributed by atoms with Gasteiger partial charge >= 0.3 is 5.97 Å². The first-order valence-electron chi connectivity index (χ1n) is 6.97. The molecule has 0 spiro atoms. The van der Waals surface area contributed by atoms with E-state index in [0.717, 1.165) is 11.1 Å². The highest BCUT2D eigenvalue weighted by Gasteiger charge is 2.19. The van der Waals surface area contributed by atoms with E-state index in [2.05, 4.69) is 5.32 Å². The topological polar surface area (TPSA) is 55.4 Å². The monoisotopic (exact) mass is 277 g/mol. The Balaban J connectivity index is 2.82. The highest BCUT2D eigenvalue weighted by molar-refractivity contribution is 5.77. The van der Waals surface area contributed by atoms with Gasteiger partial charge in [0.05, 0.1) is 18.6 Å². The molecule has 20 heavy (non-hydrogen) atoms. The van der Waals surface area contributed by atoms with Crippen LogP contribution < -0.4 is 5.32 Å². The summed E-state index contributed by atoms with van der Waals surface area (Å²) >= 11 is 0. The fraction of sp³-hybridized carbons (Fsp3) is 0.500. The third-order valence-corrected chi connectivity index (χ3v) is 2.87. The molecular formula is C16H23NO3. The van der Waals surface area contributed by atoms with Crippen molar-refractivity contribution in [1.82, 2.24) is 5.32 Å². The third kappa shape index (κ3) is 5.43. The Labute approximate surface area is 120 Å². The zero-order valence-corrected chi connectivity index (χ0v) is 12.6. The number of amides is 1. The zero-order valence-electron chi connectivity index (χ0n) is 12.6. The molecule has 0 aliphatic carbocycles. The molecule has 0 radical (unpaired) electrons. The molecule has 1 aromatic carbocycles. The molecule has 1 unspecified atom stereocenters. The van der Waals surface area contributed by atoms with Gasteiger partial charge in [0.2, 0.25) is 5.91 Å². The van der Waals surface area contributed by atoms with E-state index < -0.39 is 0 Å². The molecule has 0 saturated carbocycles. The Kier molecular flexibility index (Phi) is 6.22. The van der Waals surface area contributed by atoms with Gasteiger partial charge in [0.15, 0.2) is 0 Å². The second-order valence-corrected chi connectivity index (χ2v) is 5.13. The largest absolute Gasteiger partial charge is 0.463 e. The van der Waals surface area contributed by atoms with Gasteiger partial charge in [-0.2, -0.15) is 0 Å². The van der Waals surface area contributed by atoms with Crippen molar-refractivity contribution in [3.05, 3.63) is 35.4 Å². The molecule has 0 aromatic heterocycles. The van der Waals surface area contributed by atoms with Gasteiger partial charge in [-0.1, -0.05) is 36.8 Å². The van der Waals surface area contributed by atoms with Crippen LogP contribution in [0.15, 0.2) is 24.3 Å². The van der Waals surface area contributed by atoms with Crippen LogP contribution >= 0.6 is 0 Å². The molecule has 4 heteroatoms. The van der Waals surface area contributed by atoms with E-state index in [1.54, 1.807) is 6.92 Å². The van der Waals surface area contributed by atoms with Crippen LogP contribution in [0.1, 0.15) is 50.8 Å². The number of ether oxygens (including phenoxy) is 1. The SMILES string of the molecule is CCC(=O)NC(CC(=O)OC(C)C)c1ccc(C)cc1. The molecule has 0 heterocycles. The van der Waals surface area contributed by atoms with Gasteiger partial charge in [0.1, 0.15) is 0 Å². The quantitative estimate of drug-likeness (QED) is 0.813. The Morgan fingerprint density at radius 3 is 2.30 bits per heavy atom. The second kappa shape index (κ2) is 7.68. The summed E-state index contributed by atoms with van der Waals surface area (Å²) < 4.78 is 5.15. The summed E-state index contributed by atoms with van der Waals surface area (Å²) in [6.07, 6.45) is 0.386. The third-order valence-electron chi connectivity index (χ3n) is 2.87. The predicted octanol–water partition coefficient (Wildman–Crippen LogP) is 2.90. The molecule has 1 atom stereocenters. The normalized spacial score (nSPS) is 12.1. The van der Waals surface area contributed by atoms with Crippen LogP contribution in [0.2, 0.25) is 0 Å². The van der Waals surface area contributed by atoms with Crippen LogP contribution in [0.3, 0.4) is 0 Å². The number of nitrogens with one attached hydrogen (secondary N) is 1. The van der Waals surface area contributed by atoms with Gasteiger partial charge in [0.25, 0.3) is 0 Å². The maximum Gasteiger partial charge on any atom is 0.308 e. The minimum Gasteiger partial charge on any atom is -0.463 e. The van der Waals surface area contributed by atoms with E-state index in [0.29, 0.717) is 6.42 Å². The molecule has 0 fully saturated rings. The standard InChI is InChI=1S/C16H23NO3/c1-5-15(18)17-14(10-16(19)20-11(2)3)13-8-6-12(4)7-9-13/h6-9,11,14H,5,10H2,1-4H3,(H,17,18). The maximum absolute atomic E-state index is 11.8. The summed E-state index contributed by atoms with van der Waals surface area (Å²) in [7, 11) is 0. The number of rotatable bonds is 6. The summed E-state index contributed by atoms with van der Waals surface area (Å²) in [4.78, 5) is 23.4. The first kappa shape index (κ1) is 16.2. The van der Waals surface area contributed by atoms with Crippen molar-refractivity contribution < 1.29 is 14.3 Å². The number of benzene rings is 1. The lowest BCUT2D eigenvalue weighted by molar-refractivity contribution is -0.148. The highest BCUT2D eigenvalue weighted by Crippen LogP contribution is 2.18. The molecule has 4 nitrogen and oxygen atoms in total. The molecule has 1 rings (SSSR count). The average Bonchev–Trinajstić information content (AvgIpc) is 2.37. The van der Waals surface area contributed by atoms with Gasteiger partial charge < -0.3 is 10.1 Å². The highest BCUT2D eigenvalue weighted by atomic mass is 16.5. The Morgan fingerprint density at radius 1 is 1.20 bits per heavy atom. The van der Waals surface area contributed by atoms with Crippen molar-refractivity contribution in [3.63, 3.8) is 0 Å². The van der Waals surface area contributed by atoms with Crippen molar-refractivity contribution in [2.24, 2.45) is 0 Å². The van der Waals surface area contributed by atoms with E-state index in [1.807, 2.05) is 45.0 Å². The Bertz CT molecular complexity index is 451.